The predicted octanol–water partition coefficient (Wildman–Crippen LogP) is 3.74. The normalized spacial score (nSPS) is 13.0. The maximum absolute atomic E-state index is 12.1. The van der Waals surface area contributed by atoms with Gasteiger partial charge in [-0.25, -0.2) is 0 Å². The maximum Gasteiger partial charge on any atom is 0.173 e. The van der Waals surface area contributed by atoms with Crippen molar-refractivity contribution < 1.29 is 14.3 Å². The maximum atomic E-state index is 12.1. The van der Waals surface area contributed by atoms with Crippen molar-refractivity contribution in [3.05, 3.63) is 53.6 Å². The van der Waals surface area contributed by atoms with Gasteiger partial charge in [0.1, 0.15) is 13.2 Å². The lowest BCUT2D eigenvalue weighted by atomic mass is 10.1. The van der Waals surface area contributed by atoms with Gasteiger partial charge in [-0.2, -0.15) is 0 Å². The summed E-state index contributed by atoms with van der Waals surface area (Å²) in [6, 6.07) is 13.5. The fraction of sp³-hybridized carbons (Fsp3) is 0.235. The third kappa shape index (κ3) is 3.39. The molecule has 0 atom stereocenters. The summed E-state index contributed by atoms with van der Waals surface area (Å²) in [5.41, 5.74) is 1.91. The van der Waals surface area contributed by atoms with Crippen LogP contribution in [0.15, 0.2) is 47.4 Å². The summed E-state index contributed by atoms with van der Waals surface area (Å²) in [5.74, 6) is 2.09. The molecule has 1 heterocycles. The Bertz CT molecular complexity index is 650. The standard InChI is InChI=1S/C17H16O3S/c1-12-2-4-13(5-3-12)15(18)11-21-14-6-7-16-17(10-14)20-9-8-19-16/h2-7,10H,8-9,11H2,1H3. The number of thioether (sulfide) groups is 1. The van der Waals surface area contributed by atoms with Crippen molar-refractivity contribution in [2.45, 2.75) is 11.8 Å². The molecule has 2 aromatic carbocycles. The lowest BCUT2D eigenvalue weighted by Crippen LogP contribution is -2.15. The van der Waals surface area contributed by atoms with E-state index in [1.54, 1.807) is 0 Å². The number of Topliss-reactive ketones (excluding diaryl/α,β-unsaturated/α-hetero) is 1. The van der Waals surface area contributed by atoms with Crippen molar-refractivity contribution in [2.75, 3.05) is 19.0 Å². The Balaban J connectivity index is 1.64. The van der Waals surface area contributed by atoms with Gasteiger partial charge in [0, 0.05) is 10.5 Å². The minimum absolute atomic E-state index is 0.134. The van der Waals surface area contributed by atoms with Crippen molar-refractivity contribution in [3.63, 3.8) is 0 Å². The van der Waals surface area contributed by atoms with Crippen molar-refractivity contribution in [2.24, 2.45) is 0 Å². The van der Waals surface area contributed by atoms with Crippen LogP contribution >= 0.6 is 11.8 Å². The highest BCUT2D eigenvalue weighted by molar-refractivity contribution is 8.00. The van der Waals surface area contributed by atoms with Crippen LogP contribution in [0.1, 0.15) is 15.9 Å². The third-order valence-electron chi connectivity index (χ3n) is 3.26. The summed E-state index contributed by atoms with van der Waals surface area (Å²) in [6.07, 6.45) is 0. The quantitative estimate of drug-likeness (QED) is 0.636. The zero-order valence-electron chi connectivity index (χ0n) is 11.8. The van der Waals surface area contributed by atoms with Gasteiger partial charge in [-0.05, 0) is 25.1 Å². The van der Waals surface area contributed by atoms with Crippen LogP contribution in [-0.4, -0.2) is 24.7 Å². The highest BCUT2D eigenvalue weighted by Crippen LogP contribution is 2.34. The molecule has 108 valence electrons. The number of hydrogen-bond donors (Lipinski definition) is 0. The first kappa shape index (κ1) is 14.0. The van der Waals surface area contributed by atoms with Gasteiger partial charge in [0.2, 0.25) is 0 Å². The molecule has 0 saturated heterocycles. The zero-order chi connectivity index (χ0) is 14.7. The third-order valence-corrected chi connectivity index (χ3v) is 4.25. The average molecular weight is 300 g/mol. The van der Waals surface area contributed by atoms with Gasteiger partial charge in [-0.15, -0.1) is 11.8 Å². The van der Waals surface area contributed by atoms with E-state index in [4.69, 9.17) is 9.47 Å². The van der Waals surface area contributed by atoms with E-state index in [-0.39, 0.29) is 5.78 Å². The first-order valence-corrected chi connectivity index (χ1v) is 7.83. The number of benzene rings is 2. The van der Waals surface area contributed by atoms with Crippen LogP contribution in [0.2, 0.25) is 0 Å². The van der Waals surface area contributed by atoms with Crippen molar-refractivity contribution in [1.29, 1.82) is 0 Å². The molecule has 3 rings (SSSR count). The Morgan fingerprint density at radius 2 is 1.76 bits per heavy atom. The molecule has 0 N–H and O–H groups in total. The smallest absolute Gasteiger partial charge is 0.173 e. The summed E-state index contributed by atoms with van der Waals surface area (Å²) < 4.78 is 11.0. The number of aryl methyl sites for hydroxylation is 1. The highest BCUT2D eigenvalue weighted by Gasteiger charge is 2.13. The molecule has 0 amide bonds. The van der Waals surface area contributed by atoms with Crippen LogP contribution in [0.4, 0.5) is 0 Å². The van der Waals surface area contributed by atoms with E-state index in [1.807, 2.05) is 49.4 Å². The Labute approximate surface area is 128 Å². The van der Waals surface area contributed by atoms with Crippen LogP contribution in [-0.2, 0) is 0 Å². The van der Waals surface area contributed by atoms with Gasteiger partial charge < -0.3 is 9.47 Å². The molecular weight excluding hydrogens is 284 g/mol. The number of fused-ring (bicyclic) bond motifs is 1. The van der Waals surface area contributed by atoms with E-state index in [0.717, 1.165) is 27.5 Å². The number of carbonyl (C=O) groups excluding carboxylic acids is 1. The van der Waals surface area contributed by atoms with E-state index in [0.29, 0.717) is 19.0 Å². The molecular formula is C17H16O3S. The van der Waals surface area contributed by atoms with Crippen LogP contribution in [0.5, 0.6) is 11.5 Å². The number of rotatable bonds is 4. The second-order valence-electron chi connectivity index (χ2n) is 4.88. The molecule has 0 bridgehead atoms. The van der Waals surface area contributed by atoms with Gasteiger partial charge in [-0.1, -0.05) is 29.8 Å². The topological polar surface area (TPSA) is 35.5 Å². The Morgan fingerprint density at radius 1 is 1.05 bits per heavy atom. The number of carbonyl (C=O) groups is 1. The molecule has 3 nitrogen and oxygen atoms in total. The van der Waals surface area contributed by atoms with Crippen molar-refractivity contribution >= 4 is 17.5 Å². The Hall–Kier alpha value is -1.94. The fourth-order valence-corrected chi connectivity index (χ4v) is 2.90. The summed E-state index contributed by atoms with van der Waals surface area (Å²) in [6.45, 7) is 3.17. The van der Waals surface area contributed by atoms with Crippen molar-refractivity contribution in [1.82, 2.24) is 0 Å². The van der Waals surface area contributed by atoms with Gasteiger partial charge in [0.25, 0.3) is 0 Å². The minimum Gasteiger partial charge on any atom is -0.486 e. The van der Waals surface area contributed by atoms with Gasteiger partial charge in [0.05, 0.1) is 5.75 Å². The molecule has 0 unspecified atom stereocenters. The van der Waals surface area contributed by atoms with Crippen LogP contribution < -0.4 is 9.47 Å². The van der Waals surface area contributed by atoms with E-state index in [2.05, 4.69) is 0 Å². The molecule has 4 heteroatoms. The number of ketones is 1. The lowest BCUT2D eigenvalue weighted by Gasteiger charge is -2.18. The van der Waals surface area contributed by atoms with Crippen LogP contribution in [0.25, 0.3) is 0 Å². The molecule has 0 radical (unpaired) electrons. The summed E-state index contributed by atoms with van der Waals surface area (Å²) in [5, 5.41) is 0. The highest BCUT2D eigenvalue weighted by atomic mass is 32.2. The largest absolute Gasteiger partial charge is 0.486 e. The number of hydrogen-bond acceptors (Lipinski definition) is 4. The SMILES string of the molecule is Cc1ccc(C(=O)CSc2ccc3c(c2)OCCO3)cc1. The molecule has 21 heavy (non-hydrogen) atoms. The van der Waals surface area contributed by atoms with Gasteiger partial charge in [-0.3, -0.25) is 4.79 Å². The van der Waals surface area contributed by atoms with Gasteiger partial charge >= 0.3 is 0 Å². The van der Waals surface area contributed by atoms with E-state index in [1.165, 1.54) is 11.8 Å². The van der Waals surface area contributed by atoms with Crippen molar-refractivity contribution in [3.8, 4) is 11.5 Å². The van der Waals surface area contributed by atoms with Crippen LogP contribution in [0, 0.1) is 6.92 Å². The Morgan fingerprint density at radius 3 is 2.52 bits per heavy atom. The van der Waals surface area contributed by atoms with Crippen LogP contribution in [0.3, 0.4) is 0 Å². The Kier molecular flexibility index (Phi) is 4.15. The molecule has 1 aliphatic rings. The molecule has 0 spiro atoms. The zero-order valence-corrected chi connectivity index (χ0v) is 12.6. The summed E-state index contributed by atoms with van der Waals surface area (Å²) >= 11 is 1.52. The molecule has 0 aromatic heterocycles. The fourth-order valence-electron chi connectivity index (χ4n) is 2.09. The second-order valence-corrected chi connectivity index (χ2v) is 5.93. The molecule has 0 fully saturated rings. The molecule has 0 saturated carbocycles. The lowest BCUT2D eigenvalue weighted by molar-refractivity contribution is 0.102. The first-order chi connectivity index (χ1) is 10.2. The monoisotopic (exact) mass is 300 g/mol. The second kappa shape index (κ2) is 6.22. The predicted molar refractivity (Wildman–Crippen MR) is 83.7 cm³/mol. The number of ether oxygens (including phenoxy) is 2. The van der Waals surface area contributed by atoms with E-state index >= 15 is 0 Å². The van der Waals surface area contributed by atoms with Gasteiger partial charge in [0.15, 0.2) is 17.3 Å². The molecule has 1 aliphatic heterocycles. The summed E-state index contributed by atoms with van der Waals surface area (Å²) in [7, 11) is 0. The van der Waals surface area contributed by atoms with E-state index in [9.17, 15) is 4.79 Å². The molecule has 0 aliphatic carbocycles. The molecule has 2 aromatic rings. The van der Waals surface area contributed by atoms with E-state index < -0.39 is 0 Å². The minimum atomic E-state index is 0.134. The average Bonchev–Trinajstić information content (AvgIpc) is 2.53. The first-order valence-electron chi connectivity index (χ1n) is 6.85. The summed E-state index contributed by atoms with van der Waals surface area (Å²) in [4.78, 5) is 13.2.